The Hall–Kier alpha value is -9.96. The Morgan fingerprint density at radius 1 is 0.272 bits per heavy atom. The van der Waals surface area contributed by atoms with E-state index in [1.165, 1.54) is 271 Å². The first kappa shape index (κ1) is 80.6. The molecule has 0 saturated carbocycles. The van der Waals surface area contributed by atoms with E-state index < -0.39 is 0 Å². The molecule has 1 aliphatic carbocycles. The van der Waals surface area contributed by atoms with Crippen molar-refractivity contribution < 1.29 is 0 Å². The van der Waals surface area contributed by atoms with Gasteiger partial charge in [-0.3, -0.25) is 0 Å². The SMILES string of the molecule is CCCCCCCCC1(CCCCCCCC)c2cc(C)ccc2-c2c1ccc1c3ccccc3n(-c3cc(CCCCCC)c(-c4ccc(N(c5ccc(-c6ccc(CCCC)cc6)cc5)c5ccc(-c6ccc(N(c7ccc(C)cc7)c7ccc(-c8ccc(CCCC)cc8)cc7)cc6)cc5)cc4)cc3CCCCCC)c21. The van der Waals surface area contributed by atoms with Gasteiger partial charge in [0.25, 0.3) is 0 Å². The van der Waals surface area contributed by atoms with Gasteiger partial charge < -0.3 is 14.4 Å². The Morgan fingerprint density at radius 2 is 0.649 bits per heavy atom. The zero-order chi connectivity index (χ0) is 78.6. The van der Waals surface area contributed by atoms with Gasteiger partial charge in [0.05, 0.1) is 11.0 Å². The number of unbranched alkanes of at least 4 members (excludes halogenated alkanes) is 18. The molecule has 1 aromatic heterocycles. The Morgan fingerprint density at radius 3 is 1.10 bits per heavy atom. The summed E-state index contributed by atoms with van der Waals surface area (Å²) in [6.45, 7) is 18.4. The minimum atomic E-state index is -0.0230. The second-order valence-corrected chi connectivity index (χ2v) is 33.5. The molecule has 0 spiro atoms. The van der Waals surface area contributed by atoms with Crippen molar-refractivity contribution in [3.05, 3.63) is 305 Å². The van der Waals surface area contributed by atoms with E-state index in [1.54, 1.807) is 11.1 Å². The highest BCUT2D eigenvalue weighted by Gasteiger charge is 2.44. The number of para-hydroxylation sites is 1. The van der Waals surface area contributed by atoms with E-state index >= 15 is 0 Å². The lowest BCUT2D eigenvalue weighted by Gasteiger charge is -2.33. The topological polar surface area (TPSA) is 11.4 Å². The van der Waals surface area contributed by atoms with Crippen molar-refractivity contribution in [2.24, 2.45) is 0 Å². The molecule has 0 unspecified atom stereocenters. The number of aryl methyl sites for hydroxylation is 6. The maximum absolute atomic E-state index is 2.80. The fraction of sp³-hybridized carbons (Fsp3) is 0.351. The molecule has 0 amide bonds. The molecule has 0 saturated heterocycles. The molecular weight excluding hydrogens is 1380 g/mol. The maximum atomic E-state index is 2.80. The summed E-state index contributed by atoms with van der Waals surface area (Å²) < 4.78 is 2.80. The van der Waals surface area contributed by atoms with Crippen LogP contribution in [0.5, 0.6) is 0 Å². The monoisotopic (exact) mass is 1500 g/mol. The normalized spacial score (nSPS) is 12.3. The molecule has 3 heteroatoms. The second-order valence-electron chi connectivity index (χ2n) is 33.5. The summed E-state index contributed by atoms with van der Waals surface area (Å²) in [5, 5.41) is 2.73. The first-order valence-electron chi connectivity index (χ1n) is 44.8. The van der Waals surface area contributed by atoms with E-state index in [-0.39, 0.29) is 5.41 Å². The van der Waals surface area contributed by atoms with Gasteiger partial charge >= 0.3 is 0 Å². The molecule has 0 N–H and O–H groups in total. The molecule has 14 rings (SSSR count). The van der Waals surface area contributed by atoms with Gasteiger partial charge in [0.15, 0.2) is 0 Å². The third-order valence-electron chi connectivity index (χ3n) is 25.1. The van der Waals surface area contributed by atoms with Crippen LogP contribution in [0, 0.1) is 13.8 Å². The molecule has 1 aliphatic rings. The average molecular weight is 1500 g/mol. The quantitative estimate of drug-likeness (QED) is 0.0354. The van der Waals surface area contributed by atoms with E-state index in [0.717, 1.165) is 72.6 Å². The molecule has 586 valence electrons. The number of hydrogen-bond donors (Lipinski definition) is 0. The number of benzene rings is 12. The first-order chi connectivity index (χ1) is 56.1. The van der Waals surface area contributed by atoms with E-state index in [4.69, 9.17) is 0 Å². The third-order valence-corrected chi connectivity index (χ3v) is 25.1. The average Bonchev–Trinajstić information content (AvgIpc) is 1.53. The number of fused-ring (bicyclic) bond motifs is 7. The Kier molecular flexibility index (Phi) is 27.9. The summed E-state index contributed by atoms with van der Waals surface area (Å²) in [6, 6.07) is 101. The van der Waals surface area contributed by atoms with Gasteiger partial charge in [0.2, 0.25) is 0 Å². The fourth-order valence-electron chi connectivity index (χ4n) is 18.6. The highest BCUT2D eigenvalue weighted by atomic mass is 15.1. The van der Waals surface area contributed by atoms with Crippen molar-refractivity contribution in [1.29, 1.82) is 0 Å². The summed E-state index contributed by atoms with van der Waals surface area (Å²) in [4.78, 5) is 4.84. The van der Waals surface area contributed by atoms with Crippen molar-refractivity contribution in [2.75, 3.05) is 9.80 Å². The molecule has 0 fully saturated rings. The van der Waals surface area contributed by atoms with E-state index in [9.17, 15) is 0 Å². The molecule has 12 aromatic carbocycles. The molecule has 0 bridgehead atoms. The van der Waals surface area contributed by atoms with Crippen molar-refractivity contribution in [3.8, 4) is 61.3 Å². The van der Waals surface area contributed by atoms with Gasteiger partial charge in [-0.2, -0.15) is 0 Å². The predicted molar refractivity (Wildman–Crippen MR) is 496 cm³/mol. The van der Waals surface area contributed by atoms with Crippen LogP contribution in [0.1, 0.15) is 253 Å². The van der Waals surface area contributed by atoms with Crippen LogP contribution >= 0.6 is 0 Å². The standard InChI is InChI=1S/C111H127N3/c1-9-15-21-25-27-33-77-111(78-34-28-26-22-16-10-2)105-76-75-102-101-39-31-32-40-107(101)114(110(102)109(105)103-74-43-83(8)79-106(103)111)108-81-93(37-29-23-17-11-3)104(80-94(108)38-30-24-18-12-4)92-60-72-100(73-61-92)113(98-66-54-89(55-67-98)87-50-46-85(47-51-87)36-20-14-6)99-70-58-91(59-71-99)90-56-68-97(69-57-90)112(95-62-41-82(7)42-63-95)96-64-52-88(53-65-96)86-48-44-84(45-49-86)35-19-13-5/h31-32,39-76,79-81H,9-30,33-38,77-78H2,1-8H3. The van der Waals surface area contributed by atoms with Gasteiger partial charge in [-0.25, -0.2) is 0 Å². The van der Waals surface area contributed by atoms with Crippen molar-refractivity contribution in [2.45, 2.75) is 253 Å². The van der Waals surface area contributed by atoms with Gasteiger partial charge in [-0.05, 0) is 253 Å². The van der Waals surface area contributed by atoms with Crippen LogP contribution in [0.2, 0.25) is 0 Å². The van der Waals surface area contributed by atoms with Crippen molar-refractivity contribution in [1.82, 2.24) is 4.57 Å². The maximum Gasteiger partial charge on any atom is 0.0622 e. The van der Waals surface area contributed by atoms with E-state index in [0.29, 0.717) is 0 Å². The van der Waals surface area contributed by atoms with Gasteiger partial charge in [0, 0.05) is 61.6 Å². The number of hydrogen-bond acceptors (Lipinski definition) is 2. The molecule has 0 aliphatic heterocycles. The van der Waals surface area contributed by atoms with E-state index in [1.807, 2.05) is 0 Å². The molecule has 114 heavy (non-hydrogen) atoms. The van der Waals surface area contributed by atoms with Crippen LogP contribution < -0.4 is 9.80 Å². The summed E-state index contributed by atoms with van der Waals surface area (Å²) in [5.41, 5.74) is 35.3. The molecule has 13 aromatic rings. The van der Waals surface area contributed by atoms with Crippen LogP contribution in [0.25, 0.3) is 83.1 Å². The van der Waals surface area contributed by atoms with Crippen molar-refractivity contribution >= 4 is 55.9 Å². The minimum Gasteiger partial charge on any atom is -0.311 e. The molecule has 1 heterocycles. The Bertz CT molecular complexity index is 5170. The highest BCUT2D eigenvalue weighted by Crippen LogP contribution is 2.58. The van der Waals surface area contributed by atoms with Gasteiger partial charge in [-0.1, -0.05) is 351 Å². The second kappa shape index (κ2) is 39.4. The zero-order valence-electron chi connectivity index (χ0n) is 70.4. The number of aromatic nitrogens is 1. The lowest BCUT2D eigenvalue weighted by Crippen LogP contribution is -2.25. The number of anilines is 6. The van der Waals surface area contributed by atoms with Crippen LogP contribution in [-0.4, -0.2) is 4.57 Å². The number of nitrogens with zero attached hydrogens (tertiary/aromatic N) is 3. The van der Waals surface area contributed by atoms with Crippen LogP contribution in [-0.2, 0) is 31.1 Å². The molecule has 0 radical (unpaired) electrons. The van der Waals surface area contributed by atoms with Crippen LogP contribution in [0.4, 0.5) is 34.1 Å². The smallest absolute Gasteiger partial charge is 0.0622 e. The third kappa shape index (κ3) is 18.5. The summed E-state index contributed by atoms with van der Waals surface area (Å²) in [5.74, 6) is 0. The van der Waals surface area contributed by atoms with Crippen LogP contribution in [0.3, 0.4) is 0 Å². The minimum absolute atomic E-state index is 0.0230. The van der Waals surface area contributed by atoms with E-state index in [2.05, 4.69) is 331 Å². The molecular formula is C111H127N3. The van der Waals surface area contributed by atoms with Gasteiger partial charge in [-0.15, -0.1) is 0 Å². The zero-order valence-corrected chi connectivity index (χ0v) is 70.4. The number of rotatable bonds is 41. The Balaban J connectivity index is 0.844. The summed E-state index contributed by atoms with van der Waals surface area (Å²) >= 11 is 0. The van der Waals surface area contributed by atoms with Gasteiger partial charge in [0.1, 0.15) is 0 Å². The van der Waals surface area contributed by atoms with Crippen LogP contribution in [0.15, 0.2) is 261 Å². The van der Waals surface area contributed by atoms with Crippen molar-refractivity contribution in [3.63, 3.8) is 0 Å². The molecule has 0 atom stereocenters. The lowest BCUT2D eigenvalue weighted by atomic mass is 9.70. The lowest BCUT2D eigenvalue weighted by molar-refractivity contribution is 0.398. The molecule has 3 nitrogen and oxygen atoms in total. The fourth-order valence-corrected chi connectivity index (χ4v) is 18.6. The largest absolute Gasteiger partial charge is 0.311 e. The highest BCUT2D eigenvalue weighted by molar-refractivity contribution is 6.16. The first-order valence-corrected chi connectivity index (χ1v) is 44.8. The summed E-state index contributed by atoms with van der Waals surface area (Å²) in [7, 11) is 0. The predicted octanol–water partition coefficient (Wildman–Crippen LogP) is 33.7. The summed E-state index contributed by atoms with van der Waals surface area (Å²) in [6.07, 6.45) is 37.0. The Labute approximate surface area is 686 Å².